The molecular formula is C12H14BrNO5S. The first-order valence-corrected chi connectivity index (χ1v) is 7.32. The zero-order valence-corrected chi connectivity index (χ0v) is 13.2. The molecule has 1 atom stereocenters. The standard InChI is InChI=1S/C12H14BrNO5S/c1-6(15)14-7(12(18)19-2)5-20-11-9(17)4-3-8(16)10(11)13/h3-4,7,16-17H,5H2,1-2H3,(H,14,15)/t7-/m0/s1. The highest BCUT2D eigenvalue weighted by Gasteiger charge is 2.22. The quantitative estimate of drug-likeness (QED) is 0.418. The van der Waals surface area contributed by atoms with E-state index in [1.807, 2.05) is 0 Å². The lowest BCUT2D eigenvalue weighted by Gasteiger charge is -2.16. The van der Waals surface area contributed by atoms with Crippen molar-refractivity contribution in [2.45, 2.75) is 17.9 Å². The molecule has 0 fully saturated rings. The van der Waals surface area contributed by atoms with Crippen LogP contribution in [-0.2, 0) is 14.3 Å². The summed E-state index contributed by atoms with van der Waals surface area (Å²) in [6.07, 6.45) is 0. The molecule has 110 valence electrons. The van der Waals surface area contributed by atoms with Crippen LogP contribution < -0.4 is 5.32 Å². The first kappa shape index (κ1) is 16.6. The minimum Gasteiger partial charge on any atom is -0.507 e. The zero-order chi connectivity index (χ0) is 15.3. The van der Waals surface area contributed by atoms with E-state index < -0.39 is 12.0 Å². The molecule has 0 bridgehead atoms. The fourth-order valence-corrected chi connectivity index (χ4v) is 3.07. The minimum atomic E-state index is -0.837. The first-order valence-electron chi connectivity index (χ1n) is 5.55. The smallest absolute Gasteiger partial charge is 0.329 e. The average molecular weight is 364 g/mol. The predicted molar refractivity (Wildman–Crippen MR) is 77.8 cm³/mol. The highest BCUT2D eigenvalue weighted by molar-refractivity contribution is 9.10. The molecule has 1 aromatic carbocycles. The number of aromatic hydroxyl groups is 2. The number of hydrogen-bond acceptors (Lipinski definition) is 6. The van der Waals surface area contributed by atoms with Crippen molar-refractivity contribution in [1.29, 1.82) is 0 Å². The molecule has 1 aromatic rings. The van der Waals surface area contributed by atoms with Gasteiger partial charge in [0.2, 0.25) is 5.91 Å². The molecule has 0 saturated heterocycles. The van der Waals surface area contributed by atoms with Crippen LogP contribution in [0.1, 0.15) is 6.92 Å². The number of methoxy groups -OCH3 is 1. The van der Waals surface area contributed by atoms with Crippen molar-refractivity contribution in [3.63, 3.8) is 0 Å². The second-order valence-electron chi connectivity index (χ2n) is 3.83. The Hall–Kier alpha value is -1.41. The Labute approximate surface area is 128 Å². The van der Waals surface area contributed by atoms with Gasteiger partial charge in [-0.25, -0.2) is 4.79 Å². The first-order chi connectivity index (χ1) is 9.36. The van der Waals surface area contributed by atoms with Gasteiger partial charge in [0.1, 0.15) is 17.5 Å². The molecule has 0 aliphatic heterocycles. The van der Waals surface area contributed by atoms with Crippen LogP contribution in [0.2, 0.25) is 0 Å². The third kappa shape index (κ3) is 4.31. The number of amides is 1. The average Bonchev–Trinajstić information content (AvgIpc) is 2.40. The van der Waals surface area contributed by atoms with E-state index in [1.54, 1.807) is 0 Å². The second-order valence-corrected chi connectivity index (χ2v) is 5.66. The Balaban J connectivity index is 2.85. The van der Waals surface area contributed by atoms with Gasteiger partial charge in [-0.2, -0.15) is 0 Å². The van der Waals surface area contributed by atoms with Crippen molar-refractivity contribution in [1.82, 2.24) is 5.32 Å². The molecule has 1 rings (SSSR count). The van der Waals surface area contributed by atoms with E-state index in [-0.39, 0.29) is 23.2 Å². The van der Waals surface area contributed by atoms with Crippen LogP contribution in [0.4, 0.5) is 0 Å². The van der Waals surface area contributed by atoms with E-state index in [9.17, 15) is 19.8 Å². The van der Waals surface area contributed by atoms with Crippen LogP contribution in [0.3, 0.4) is 0 Å². The van der Waals surface area contributed by atoms with Crippen LogP contribution in [0.15, 0.2) is 21.5 Å². The van der Waals surface area contributed by atoms with E-state index in [1.165, 1.54) is 26.2 Å². The maximum atomic E-state index is 11.5. The van der Waals surface area contributed by atoms with Crippen LogP contribution in [0.5, 0.6) is 11.5 Å². The zero-order valence-electron chi connectivity index (χ0n) is 10.8. The van der Waals surface area contributed by atoms with E-state index in [2.05, 4.69) is 26.0 Å². The summed E-state index contributed by atoms with van der Waals surface area (Å²) < 4.78 is 4.92. The lowest BCUT2D eigenvalue weighted by atomic mass is 10.3. The van der Waals surface area contributed by atoms with Gasteiger partial charge in [0.05, 0.1) is 16.5 Å². The molecule has 1 amide bonds. The molecule has 8 heteroatoms. The molecule has 0 unspecified atom stereocenters. The Morgan fingerprint density at radius 1 is 1.40 bits per heavy atom. The number of ether oxygens (including phenoxy) is 1. The maximum absolute atomic E-state index is 11.5. The van der Waals surface area contributed by atoms with Crippen molar-refractivity contribution in [3.8, 4) is 11.5 Å². The van der Waals surface area contributed by atoms with E-state index in [0.717, 1.165) is 11.8 Å². The summed E-state index contributed by atoms with van der Waals surface area (Å²) in [7, 11) is 1.23. The van der Waals surface area contributed by atoms with Gasteiger partial charge in [0.25, 0.3) is 0 Å². The number of phenols is 2. The summed E-state index contributed by atoms with van der Waals surface area (Å²) in [5, 5.41) is 21.8. The van der Waals surface area contributed by atoms with Gasteiger partial charge in [0, 0.05) is 12.7 Å². The molecule has 0 aliphatic rings. The minimum absolute atomic E-state index is 0.0283. The van der Waals surface area contributed by atoms with Crippen LogP contribution in [-0.4, -0.2) is 41.0 Å². The van der Waals surface area contributed by atoms with Crippen molar-refractivity contribution in [2.75, 3.05) is 12.9 Å². The number of carbonyl (C=O) groups is 2. The number of benzene rings is 1. The van der Waals surface area contributed by atoms with Gasteiger partial charge >= 0.3 is 5.97 Å². The van der Waals surface area contributed by atoms with Crippen LogP contribution in [0.25, 0.3) is 0 Å². The number of halogens is 1. The molecule has 0 aromatic heterocycles. The predicted octanol–water partition coefficient (Wildman–Crippen LogP) is 1.63. The second kappa shape index (κ2) is 7.39. The van der Waals surface area contributed by atoms with E-state index in [0.29, 0.717) is 9.37 Å². The third-order valence-corrected chi connectivity index (χ3v) is 4.58. The number of thioether (sulfide) groups is 1. The molecule has 20 heavy (non-hydrogen) atoms. The Morgan fingerprint density at radius 3 is 2.55 bits per heavy atom. The van der Waals surface area contributed by atoms with Gasteiger partial charge in [-0.15, -0.1) is 11.8 Å². The van der Waals surface area contributed by atoms with E-state index >= 15 is 0 Å². The monoisotopic (exact) mass is 363 g/mol. The summed E-state index contributed by atoms with van der Waals surface area (Å²) in [6, 6.07) is 1.85. The Bertz CT molecular complexity index is 523. The lowest BCUT2D eigenvalue weighted by Crippen LogP contribution is -2.42. The molecule has 0 radical (unpaired) electrons. The molecule has 6 nitrogen and oxygen atoms in total. The summed E-state index contributed by atoms with van der Waals surface area (Å²) >= 11 is 4.26. The van der Waals surface area contributed by atoms with Crippen molar-refractivity contribution < 1.29 is 24.5 Å². The van der Waals surface area contributed by atoms with Crippen LogP contribution >= 0.6 is 27.7 Å². The molecular weight excluding hydrogens is 350 g/mol. The molecule has 0 spiro atoms. The van der Waals surface area contributed by atoms with Gasteiger partial charge in [-0.3, -0.25) is 4.79 Å². The molecule has 0 aliphatic carbocycles. The Morgan fingerprint density at radius 2 is 2.00 bits per heavy atom. The lowest BCUT2D eigenvalue weighted by molar-refractivity contribution is -0.144. The number of esters is 1. The number of carbonyl (C=O) groups excluding carboxylic acids is 2. The topological polar surface area (TPSA) is 95.9 Å². The van der Waals surface area contributed by atoms with Gasteiger partial charge < -0.3 is 20.3 Å². The maximum Gasteiger partial charge on any atom is 0.329 e. The van der Waals surface area contributed by atoms with Crippen molar-refractivity contribution in [3.05, 3.63) is 16.6 Å². The fraction of sp³-hybridized carbons (Fsp3) is 0.333. The normalized spacial score (nSPS) is 11.8. The summed E-state index contributed by atoms with van der Waals surface area (Å²) in [4.78, 5) is 23.0. The van der Waals surface area contributed by atoms with Crippen LogP contribution in [0, 0.1) is 0 Å². The number of hydrogen-bond donors (Lipinski definition) is 3. The molecule has 0 heterocycles. The number of rotatable bonds is 5. The highest BCUT2D eigenvalue weighted by Crippen LogP contribution is 2.40. The number of phenolic OH excluding ortho intramolecular Hbond substituents is 2. The largest absolute Gasteiger partial charge is 0.507 e. The summed E-state index contributed by atoms with van der Waals surface area (Å²) in [5.74, 6) is -0.851. The fourth-order valence-electron chi connectivity index (χ4n) is 1.40. The van der Waals surface area contributed by atoms with Crippen molar-refractivity contribution in [2.24, 2.45) is 0 Å². The SMILES string of the molecule is COC(=O)[C@H](CSc1c(O)ccc(O)c1Br)NC(C)=O. The summed E-state index contributed by atoms with van der Waals surface area (Å²) in [6.45, 7) is 1.29. The Kier molecular flexibility index (Phi) is 6.15. The molecule has 3 N–H and O–H groups in total. The van der Waals surface area contributed by atoms with Gasteiger partial charge in [-0.1, -0.05) is 0 Å². The van der Waals surface area contributed by atoms with Gasteiger partial charge in [0.15, 0.2) is 0 Å². The molecule has 0 saturated carbocycles. The van der Waals surface area contributed by atoms with Crippen molar-refractivity contribution >= 4 is 39.6 Å². The van der Waals surface area contributed by atoms with E-state index in [4.69, 9.17) is 0 Å². The summed E-state index contributed by atoms with van der Waals surface area (Å²) in [5.41, 5.74) is 0. The highest BCUT2D eigenvalue weighted by atomic mass is 79.9. The number of nitrogens with one attached hydrogen (secondary N) is 1. The third-order valence-electron chi connectivity index (χ3n) is 2.31. The van der Waals surface area contributed by atoms with Gasteiger partial charge in [-0.05, 0) is 28.1 Å².